The smallest absolute Gasteiger partial charge is 0.256 e. The summed E-state index contributed by atoms with van der Waals surface area (Å²) >= 11 is 1.72. The first kappa shape index (κ1) is 16.3. The second-order valence-electron chi connectivity index (χ2n) is 7.00. The summed E-state index contributed by atoms with van der Waals surface area (Å²) in [7, 11) is 0. The first-order chi connectivity index (χ1) is 12.0. The third kappa shape index (κ3) is 3.06. The maximum atomic E-state index is 13.1. The number of aromatic nitrogens is 3. The number of aryl methyl sites for hydroxylation is 1. The molecule has 1 amide bonds. The third-order valence-electron chi connectivity index (χ3n) is 4.75. The van der Waals surface area contributed by atoms with E-state index in [2.05, 4.69) is 42.2 Å². The number of hydrogen-bond acceptors (Lipinski definition) is 4. The first-order valence-electron chi connectivity index (χ1n) is 8.71. The number of imidazole rings is 1. The fourth-order valence-electron chi connectivity index (χ4n) is 3.05. The monoisotopic (exact) mass is 354 g/mol. The normalized spacial score (nSPS) is 14.4. The van der Waals surface area contributed by atoms with E-state index >= 15 is 0 Å². The second kappa shape index (κ2) is 6.26. The molecule has 0 atom stereocenters. The molecule has 0 aliphatic heterocycles. The highest BCUT2D eigenvalue weighted by Crippen LogP contribution is 2.31. The maximum Gasteiger partial charge on any atom is 0.256 e. The van der Waals surface area contributed by atoms with Gasteiger partial charge in [0.1, 0.15) is 5.52 Å². The Labute approximate surface area is 151 Å². The van der Waals surface area contributed by atoms with Crippen LogP contribution in [0.25, 0.3) is 11.2 Å². The van der Waals surface area contributed by atoms with Crippen molar-refractivity contribution >= 4 is 28.4 Å². The molecule has 5 nitrogen and oxygen atoms in total. The van der Waals surface area contributed by atoms with Crippen LogP contribution in [0.15, 0.2) is 30.0 Å². The molecule has 1 aliphatic rings. The van der Waals surface area contributed by atoms with E-state index in [1.807, 2.05) is 15.5 Å². The van der Waals surface area contributed by atoms with Crippen LogP contribution in [-0.4, -0.2) is 31.4 Å². The Balaban J connectivity index is 1.64. The summed E-state index contributed by atoms with van der Waals surface area (Å²) in [5.74, 6) is 0.0591. The Morgan fingerprint density at radius 2 is 2.20 bits per heavy atom. The van der Waals surface area contributed by atoms with Crippen LogP contribution in [0.5, 0.6) is 0 Å². The van der Waals surface area contributed by atoms with Gasteiger partial charge in [0, 0.05) is 23.2 Å². The molecule has 130 valence electrons. The van der Waals surface area contributed by atoms with Crippen molar-refractivity contribution in [1.29, 1.82) is 0 Å². The minimum absolute atomic E-state index is 0.0591. The Bertz CT molecular complexity index is 923. The van der Waals surface area contributed by atoms with Crippen molar-refractivity contribution in [2.24, 2.45) is 0 Å². The van der Waals surface area contributed by atoms with E-state index in [0.717, 1.165) is 24.0 Å². The largest absolute Gasteiger partial charge is 0.330 e. The highest BCUT2D eigenvalue weighted by Gasteiger charge is 2.33. The Hall–Kier alpha value is -2.21. The number of carbonyl (C=O) groups excluding carboxylic acids is 1. The van der Waals surface area contributed by atoms with Gasteiger partial charge in [-0.1, -0.05) is 0 Å². The Kier molecular flexibility index (Phi) is 4.07. The summed E-state index contributed by atoms with van der Waals surface area (Å²) < 4.78 is 2.03. The fourth-order valence-corrected chi connectivity index (χ4v) is 3.96. The second-order valence-corrected chi connectivity index (χ2v) is 8.00. The van der Waals surface area contributed by atoms with Gasteiger partial charge in [-0.25, -0.2) is 9.97 Å². The van der Waals surface area contributed by atoms with Crippen LogP contribution in [0.3, 0.4) is 0 Å². The van der Waals surface area contributed by atoms with E-state index in [1.165, 1.54) is 10.4 Å². The van der Waals surface area contributed by atoms with Gasteiger partial charge in [-0.2, -0.15) is 0 Å². The molecular formula is C19H22N4OS. The van der Waals surface area contributed by atoms with Gasteiger partial charge in [0.05, 0.1) is 18.4 Å². The van der Waals surface area contributed by atoms with Gasteiger partial charge in [-0.05, 0) is 56.7 Å². The average Bonchev–Trinajstić information content (AvgIpc) is 3.21. The minimum atomic E-state index is 0.0591. The maximum absolute atomic E-state index is 13.1. The van der Waals surface area contributed by atoms with Gasteiger partial charge in [0.2, 0.25) is 0 Å². The van der Waals surface area contributed by atoms with Gasteiger partial charge >= 0.3 is 0 Å². The van der Waals surface area contributed by atoms with Gasteiger partial charge in [0.25, 0.3) is 5.91 Å². The zero-order chi connectivity index (χ0) is 17.6. The van der Waals surface area contributed by atoms with Gasteiger partial charge in [-0.15, -0.1) is 11.3 Å². The van der Waals surface area contributed by atoms with Crippen LogP contribution in [0.1, 0.15) is 53.5 Å². The van der Waals surface area contributed by atoms with Gasteiger partial charge in [0.15, 0.2) is 5.65 Å². The molecule has 3 aromatic rings. The third-order valence-corrected chi connectivity index (χ3v) is 5.75. The summed E-state index contributed by atoms with van der Waals surface area (Å²) in [5, 5.41) is 2.09. The van der Waals surface area contributed by atoms with E-state index in [-0.39, 0.29) is 5.91 Å². The topological polar surface area (TPSA) is 51.0 Å². The van der Waals surface area contributed by atoms with E-state index in [4.69, 9.17) is 0 Å². The number of hydrogen-bond donors (Lipinski definition) is 0. The molecule has 25 heavy (non-hydrogen) atoms. The molecule has 0 N–H and O–H groups in total. The van der Waals surface area contributed by atoms with Crippen LogP contribution in [0.2, 0.25) is 0 Å². The SMILES string of the molecule is Cc1ccsc1CN(C(=O)c1cnc2c(c1)ncn2C(C)C)C1CC1. The molecule has 3 aromatic heterocycles. The highest BCUT2D eigenvalue weighted by molar-refractivity contribution is 7.10. The number of carbonyl (C=O) groups is 1. The molecule has 0 radical (unpaired) electrons. The predicted octanol–water partition coefficient (Wildman–Crippen LogP) is 4.19. The van der Waals surface area contributed by atoms with Crippen molar-refractivity contribution in [1.82, 2.24) is 19.4 Å². The lowest BCUT2D eigenvalue weighted by molar-refractivity contribution is 0.0731. The number of fused-ring (bicyclic) bond motifs is 1. The summed E-state index contributed by atoms with van der Waals surface area (Å²) in [4.78, 5) is 25.3. The fraction of sp³-hybridized carbons (Fsp3) is 0.421. The van der Waals surface area contributed by atoms with Crippen molar-refractivity contribution in [3.8, 4) is 0 Å². The Morgan fingerprint density at radius 3 is 2.84 bits per heavy atom. The molecule has 1 saturated carbocycles. The van der Waals surface area contributed by atoms with E-state index in [9.17, 15) is 4.79 Å². The molecule has 1 aliphatic carbocycles. The number of nitrogens with zero attached hydrogens (tertiary/aromatic N) is 4. The number of pyridine rings is 1. The van der Waals surface area contributed by atoms with E-state index < -0.39 is 0 Å². The quantitative estimate of drug-likeness (QED) is 0.690. The predicted molar refractivity (Wildman–Crippen MR) is 99.9 cm³/mol. The summed E-state index contributed by atoms with van der Waals surface area (Å²) in [6, 6.07) is 4.64. The van der Waals surface area contributed by atoms with Crippen molar-refractivity contribution < 1.29 is 4.79 Å². The molecule has 0 spiro atoms. The molecule has 4 rings (SSSR count). The zero-order valence-electron chi connectivity index (χ0n) is 14.8. The number of thiophene rings is 1. The van der Waals surface area contributed by atoms with Crippen LogP contribution >= 0.6 is 11.3 Å². The van der Waals surface area contributed by atoms with Crippen LogP contribution in [0, 0.1) is 6.92 Å². The Morgan fingerprint density at radius 1 is 1.40 bits per heavy atom. The van der Waals surface area contributed by atoms with Crippen molar-refractivity contribution in [3.63, 3.8) is 0 Å². The molecule has 3 heterocycles. The zero-order valence-corrected chi connectivity index (χ0v) is 15.6. The molecule has 0 unspecified atom stereocenters. The summed E-state index contributed by atoms with van der Waals surface area (Å²) in [6.45, 7) is 6.99. The lowest BCUT2D eigenvalue weighted by Crippen LogP contribution is -2.32. The standard InChI is InChI=1S/C19H22N4OS/c1-12(2)23-11-21-16-8-14(9-20-18(16)23)19(24)22(15-4-5-15)10-17-13(3)6-7-25-17/h6-9,11-12,15H,4-5,10H2,1-3H3. The lowest BCUT2D eigenvalue weighted by Gasteiger charge is -2.22. The summed E-state index contributed by atoms with van der Waals surface area (Å²) in [6.07, 6.45) is 5.67. The number of amides is 1. The first-order valence-corrected chi connectivity index (χ1v) is 9.59. The highest BCUT2D eigenvalue weighted by atomic mass is 32.1. The van der Waals surface area contributed by atoms with Crippen molar-refractivity contribution in [3.05, 3.63) is 46.0 Å². The minimum Gasteiger partial charge on any atom is -0.330 e. The average molecular weight is 354 g/mol. The van der Waals surface area contributed by atoms with Gasteiger partial charge < -0.3 is 9.47 Å². The molecule has 6 heteroatoms. The van der Waals surface area contributed by atoms with Gasteiger partial charge in [-0.3, -0.25) is 4.79 Å². The van der Waals surface area contributed by atoms with E-state index in [1.54, 1.807) is 23.9 Å². The molecule has 1 fully saturated rings. The van der Waals surface area contributed by atoms with Crippen molar-refractivity contribution in [2.75, 3.05) is 0 Å². The lowest BCUT2D eigenvalue weighted by atomic mass is 10.2. The van der Waals surface area contributed by atoms with Crippen LogP contribution in [0.4, 0.5) is 0 Å². The molecule has 0 saturated heterocycles. The number of rotatable bonds is 5. The summed E-state index contributed by atoms with van der Waals surface area (Å²) in [5.41, 5.74) is 3.50. The van der Waals surface area contributed by atoms with Crippen LogP contribution < -0.4 is 0 Å². The molecular weight excluding hydrogens is 332 g/mol. The van der Waals surface area contributed by atoms with Crippen molar-refractivity contribution in [2.45, 2.75) is 52.2 Å². The van der Waals surface area contributed by atoms with Crippen LogP contribution in [-0.2, 0) is 6.54 Å². The molecule has 0 aromatic carbocycles. The van der Waals surface area contributed by atoms with E-state index in [0.29, 0.717) is 24.2 Å². The molecule has 0 bridgehead atoms.